The van der Waals surface area contributed by atoms with Gasteiger partial charge in [0.15, 0.2) is 0 Å². The number of epoxide rings is 1. The van der Waals surface area contributed by atoms with Gasteiger partial charge in [0.2, 0.25) is 0 Å². The summed E-state index contributed by atoms with van der Waals surface area (Å²) in [5, 5.41) is 8.65. The fourth-order valence-electron chi connectivity index (χ4n) is 2.45. The van der Waals surface area contributed by atoms with E-state index in [1.807, 2.05) is 0 Å². The van der Waals surface area contributed by atoms with Gasteiger partial charge >= 0.3 is 0 Å². The maximum atomic E-state index is 8.65. The first-order valence-electron chi connectivity index (χ1n) is 7.64. The van der Waals surface area contributed by atoms with Crippen LogP contribution in [0.4, 0.5) is 0 Å². The third-order valence-corrected chi connectivity index (χ3v) is 3.68. The van der Waals surface area contributed by atoms with Crippen LogP contribution in [-0.4, -0.2) is 23.9 Å². The van der Waals surface area contributed by atoms with Crippen molar-refractivity contribution in [3.8, 4) is 0 Å². The van der Waals surface area contributed by atoms with Crippen LogP contribution >= 0.6 is 0 Å². The molecule has 0 saturated carbocycles. The zero-order valence-electron chi connectivity index (χ0n) is 11.5. The molecule has 1 saturated heterocycles. The summed E-state index contributed by atoms with van der Waals surface area (Å²) >= 11 is 0. The zero-order valence-corrected chi connectivity index (χ0v) is 11.5. The van der Waals surface area contributed by atoms with Crippen molar-refractivity contribution >= 4 is 0 Å². The Morgan fingerprint density at radius 2 is 1.29 bits per heavy atom. The van der Waals surface area contributed by atoms with Crippen LogP contribution in [0, 0.1) is 0 Å². The largest absolute Gasteiger partial charge is 0.396 e. The van der Waals surface area contributed by atoms with Gasteiger partial charge in [-0.1, -0.05) is 58.3 Å². The highest BCUT2D eigenvalue weighted by molar-refractivity contribution is 4.84. The third-order valence-electron chi connectivity index (χ3n) is 3.68. The Balaban J connectivity index is 1.76. The maximum absolute atomic E-state index is 8.65. The van der Waals surface area contributed by atoms with Gasteiger partial charge in [0, 0.05) is 6.61 Å². The summed E-state index contributed by atoms with van der Waals surface area (Å²) in [6, 6.07) is 0. The maximum Gasteiger partial charge on any atom is 0.0841 e. The molecule has 17 heavy (non-hydrogen) atoms. The molecule has 1 aliphatic rings. The lowest BCUT2D eigenvalue weighted by Crippen LogP contribution is -1.94. The molecule has 0 aromatic heterocycles. The van der Waals surface area contributed by atoms with Crippen LogP contribution in [0.5, 0.6) is 0 Å². The highest BCUT2D eigenvalue weighted by Gasteiger charge is 2.36. The summed E-state index contributed by atoms with van der Waals surface area (Å²) in [7, 11) is 0. The molecule has 2 nitrogen and oxygen atoms in total. The quantitative estimate of drug-likeness (QED) is 0.413. The Morgan fingerprint density at radius 1 is 0.765 bits per heavy atom. The van der Waals surface area contributed by atoms with Crippen LogP contribution in [0.2, 0.25) is 0 Å². The van der Waals surface area contributed by atoms with E-state index in [0.29, 0.717) is 18.8 Å². The lowest BCUT2D eigenvalue weighted by atomic mass is 10.0. The monoisotopic (exact) mass is 242 g/mol. The standard InChI is InChI=1S/C15H30O2/c1-2-3-8-11-14-15(17-14)12-9-6-4-5-7-10-13-16/h14-16H,2-13H2,1H3/t14-,15+/m0/s1. The van der Waals surface area contributed by atoms with Gasteiger partial charge in [-0.15, -0.1) is 0 Å². The van der Waals surface area contributed by atoms with Crippen LogP contribution < -0.4 is 0 Å². The van der Waals surface area contributed by atoms with Crippen molar-refractivity contribution in [1.82, 2.24) is 0 Å². The van der Waals surface area contributed by atoms with Crippen molar-refractivity contribution in [2.24, 2.45) is 0 Å². The van der Waals surface area contributed by atoms with E-state index < -0.39 is 0 Å². The fourth-order valence-corrected chi connectivity index (χ4v) is 2.45. The Morgan fingerprint density at radius 3 is 1.88 bits per heavy atom. The molecule has 1 aliphatic heterocycles. The van der Waals surface area contributed by atoms with Crippen molar-refractivity contribution in [3.05, 3.63) is 0 Å². The van der Waals surface area contributed by atoms with E-state index in [1.165, 1.54) is 64.2 Å². The van der Waals surface area contributed by atoms with Crippen molar-refractivity contribution in [3.63, 3.8) is 0 Å². The smallest absolute Gasteiger partial charge is 0.0841 e. The molecule has 2 atom stereocenters. The zero-order chi connectivity index (χ0) is 12.3. The van der Waals surface area contributed by atoms with Gasteiger partial charge in [-0.3, -0.25) is 0 Å². The SMILES string of the molecule is CCCCC[C@@H]1O[C@@H]1CCCCCCCCO. The summed E-state index contributed by atoms with van der Waals surface area (Å²) in [4.78, 5) is 0. The minimum absolute atomic E-state index is 0.357. The minimum atomic E-state index is 0.357. The van der Waals surface area contributed by atoms with Crippen molar-refractivity contribution < 1.29 is 9.84 Å². The Labute approximate surface area is 107 Å². The molecule has 1 fully saturated rings. The van der Waals surface area contributed by atoms with Crippen LogP contribution in [0.1, 0.15) is 77.6 Å². The number of aliphatic hydroxyl groups is 1. The van der Waals surface area contributed by atoms with Gasteiger partial charge in [0.25, 0.3) is 0 Å². The van der Waals surface area contributed by atoms with Gasteiger partial charge in [-0.2, -0.15) is 0 Å². The van der Waals surface area contributed by atoms with E-state index in [-0.39, 0.29) is 0 Å². The van der Waals surface area contributed by atoms with E-state index in [4.69, 9.17) is 9.84 Å². The number of unbranched alkanes of at least 4 members (excludes halogenated alkanes) is 7. The van der Waals surface area contributed by atoms with Gasteiger partial charge < -0.3 is 9.84 Å². The van der Waals surface area contributed by atoms with E-state index in [0.717, 1.165) is 6.42 Å². The van der Waals surface area contributed by atoms with Crippen LogP contribution in [-0.2, 0) is 4.74 Å². The number of hydrogen-bond donors (Lipinski definition) is 1. The first-order chi connectivity index (χ1) is 8.38. The second-order valence-electron chi connectivity index (χ2n) is 5.34. The molecule has 1 rings (SSSR count). The molecule has 0 aromatic rings. The molecule has 0 aromatic carbocycles. The number of ether oxygens (including phenoxy) is 1. The lowest BCUT2D eigenvalue weighted by Gasteiger charge is -1.99. The molecular formula is C15H30O2. The summed E-state index contributed by atoms with van der Waals surface area (Å²) in [5.41, 5.74) is 0. The van der Waals surface area contributed by atoms with E-state index in [9.17, 15) is 0 Å². The lowest BCUT2D eigenvalue weighted by molar-refractivity contribution is 0.282. The van der Waals surface area contributed by atoms with E-state index in [1.54, 1.807) is 0 Å². The Kier molecular flexibility index (Phi) is 8.72. The minimum Gasteiger partial charge on any atom is -0.396 e. The predicted octanol–water partition coefficient (Wildman–Crippen LogP) is 4.06. The van der Waals surface area contributed by atoms with Crippen molar-refractivity contribution in [2.75, 3.05) is 6.61 Å². The molecule has 0 spiro atoms. The molecule has 2 heteroatoms. The van der Waals surface area contributed by atoms with Gasteiger partial charge in [-0.05, 0) is 19.3 Å². The van der Waals surface area contributed by atoms with E-state index >= 15 is 0 Å². The fraction of sp³-hybridized carbons (Fsp3) is 1.00. The average Bonchev–Trinajstić information content (AvgIpc) is 3.07. The second-order valence-corrected chi connectivity index (χ2v) is 5.34. The molecule has 0 radical (unpaired) electrons. The summed E-state index contributed by atoms with van der Waals surface area (Å²) in [6.07, 6.45) is 15.2. The number of rotatable bonds is 12. The van der Waals surface area contributed by atoms with Crippen molar-refractivity contribution in [1.29, 1.82) is 0 Å². The molecule has 0 unspecified atom stereocenters. The topological polar surface area (TPSA) is 32.8 Å². The summed E-state index contributed by atoms with van der Waals surface area (Å²) < 4.78 is 5.68. The Hall–Kier alpha value is -0.0800. The summed E-state index contributed by atoms with van der Waals surface area (Å²) in [5.74, 6) is 0. The molecule has 0 bridgehead atoms. The first-order valence-corrected chi connectivity index (χ1v) is 7.64. The number of aliphatic hydroxyl groups excluding tert-OH is 1. The van der Waals surface area contributed by atoms with Crippen LogP contribution in [0.3, 0.4) is 0 Å². The third kappa shape index (κ3) is 7.77. The van der Waals surface area contributed by atoms with Crippen molar-refractivity contribution in [2.45, 2.75) is 89.8 Å². The average molecular weight is 242 g/mol. The van der Waals surface area contributed by atoms with E-state index in [2.05, 4.69) is 6.92 Å². The Bertz CT molecular complexity index is 170. The molecule has 0 aliphatic carbocycles. The second kappa shape index (κ2) is 9.90. The molecule has 1 N–H and O–H groups in total. The highest BCUT2D eigenvalue weighted by Crippen LogP contribution is 2.31. The highest BCUT2D eigenvalue weighted by atomic mass is 16.6. The summed E-state index contributed by atoms with van der Waals surface area (Å²) in [6.45, 7) is 2.61. The van der Waals surface area contributed by atoms with Gasteiger partial charge in [0.05, 0.1) is 12.2 Å². The predicted molar refractivity (Wildman–Crippen MR) is 72.2 cm³/mol. The van der Waals surface area contributed by atoms with Gasteiger partial charge in [-0.25, -0.2) is 0 Å². The molecular weight excluding hydrogens is 212 g/mol. The van der Waals surface area contributed by atoms with Crippen LogP contribution in [0.15, 0.2) is 0 Å². The molecule has 102 valence electrons. The van der Waals surface area contributed by atoms with Crippen LogP contribution in [0.25, 0.3) is 0 Å². The molecule has 1 heterocycles. The number of hydrogen-bond acceptors (Lipinski definition) is 2. The first kappa shape index (κ1) is 15.0. The van der Waals surface area contributed by atoms with Gasteiger partial charge in [0.1, 0.15) is 0 Å². The molecule has 0 amide bonds. The normalized spacial score (nSPS) is 22.9.